The van der Waals surface area contributed by atoms with E-state index < -0.39 is 4.92 Å². The predicted octanol–water partition coefficient (Wildman–Crippen LogP) is 2.21. The van der Waals surface area contributed by atoms with Crippen molar-refractivity contribution >= 4 is 27.5 Å². The molecule has 0 saturated carbocycles. The maximum Gasteiger partial charge on any atom is 0.296 e. The Hall–Kier alpha value is -1.51. The second-order valence-corrected chi connectivity index (χ2v) is 7.61. The van der Waals surface area contributed by atoms with Crippen molar-refractivity contribution in [2.24, 2.45) is 0 Å². The summed E-state index contributed by atoms with van der Waals surface area (Å²) in [6.07, 6.45) is 1.86. The number of nitrogens with zero attached hydrogens (tertiary/aromatic N) is 4. The first-order valence-corrected chi connectivity index (χ1v) is 9.41. The number of hydrogen-bond acceptors (Lipinski definition) is 5. The van der Waals surface area contributed by atoms with Gasteiger partial charge in [-0.25, -0.2) is 0 Å². The summed E-state index contributed by atoms with van der Waals surface area (Å²) >= 11 is 3.18. The van der Waals surface area contributed by atoms with Crippen LogP contribution in [-0.2, 0) is 0 Å². The van der Waals surface area contributed by atoms with Gasteiger partial charge < -0.3 is 9.80 Å². The van der Waals surface area contributed by atoms with Crippen molar-refractivity contribution in [3.05, 3.63) is 38.3 Å². The van der Waals surface area contributed by atoms with E-state index in [1.807, 2.05) is 0 Å². The maximum atomic E-state index is 12.8. The maximum absolute atomic E-state index is 12.8. The molecule has 2 aliphatic rings. The molecule has 2 aliphatic heterocycles. The number of rotatable bonds is 3. The van der Waals surface area contributed by atoms with E-state index >= 15 is 0 Å². The van der Waals surface area contributed by atoms with Crippen LogP contribution < -0.4 is 0 Å². The number of benzene rings is 1. The van der Waals surface area contributed by atoms with Crippen molar-refractivity contribution in [3.8, 4) is 0 Å². The van der Waals surface area contributed by atoms with Gasteiger partial charge in [0.1, 0.15) is 5.56 Å². The van der Waals surface area contributed by atoms with Crippen LogP contribution in [0.4, 0.5) is 5.69 Å². The van der Waals surface area contributed by atoms with Crippen molar-refractivity contribution in [3.63, 3.8) is 0 Å². The van der Waals surface area contributed by atoms with Gasteiger partial charge in [0.05, 0.1) is 9.40 Å². The summed E-state index contributed by atoms with van der Waals surface area (Å²) in [6, 6.07) is 5.31. The molecule has 2 saturated heterocycles. The van der Waals surface area contributed by atoms with Gasteiger partial charge in [-0.15, -0.1) is 0 Å². The van der Waals surface area contributed by atoms with Crippen LogP contribution in [0.3, 0.4) is 0 Å². The first-order valence-electron chi connectivity index (χ1n) is 8.62. The fourth-order valence-electron chi connectivity index (χ4n) is 3.66. The van der Waals surface area contributed by atoms with Gasteiger partial charge in [-0.3, -0.25) is 19.8 Å². The quantitative estimate of drug-likeness (QED) is 0.564. The molecule has 0 aliphatic carbocycles. The van der Waals surface area contributed by atoms with Crippen LogP contribution in [0, 0.1) is 10.1 Å². The van der Waals surface area contributed by atoms with E-state index in [0.29, 0.717) is 23.6 Å². The average Bonchev–Trinajstić information content (AvgIpc) is 2.61. The zero-order valence-electron chi connectivity index (χ0n) is 14.4. The first-order chi connectivity index (χ1) is 12.0. The average molecular weight is 411 g/mol. The third-order valence-electron chi connectivity index (χ3n) is 5.21. The summed E-state index contributed by atoms with van der Waals surface area (Å²) in [5, 5.41) is 11.3. The van der Waals surface area contributed by atoms with Crippen LogP contribution >= 0.6 is 15.9 Å². The molecule has 0 spiro atoms. The summed E-state index contributed by atoms with van der Waals surface area (Å²) in [5.74, 6) is -0.246. The number of piperidine rings is 1. The van der Waals surface area contributed by atoms with Crippen LogP contribution in [0.25, 0.3) is 0 Å². The Morgan fingerprint density at radius 2 is 1.80 bits per heavy atom. The molecule has 0 aromatic heterocycles. The van der Waals surface area contributed by atoms with Gasteiger partial charge >= 0.3 is 0 Å². The molecule has 1 amide bonds. The Kier molecular flexibility index (Phi) is 5.71. The Bertz CT molecular complexity index is 653. The van der Waals surface area contributed by atoms with Gasteiger partial charge in [-0.05, 0) is 48.0 Å². The molecule has 3 rings (SSSR count). The third-order valence-corrected chi connectivity index (χ3v) is 5.85. The van der Waals surface area contributed by atoms with Crippen LogP contribution in [0.5, 0.6) is 0 Å². The summed E-state index contributed by atoms with van der Waals surface area (Å²) in [7, 11) is 2.14. The van der Waals surface area contributed by atoms with Crippen molar-refractivity contribution < 1.29 is 9.72 Å². The van der Waals surface area contributed by atoms with Crippen molar-refractivity contribution in [2.45, 2.75) is 18.9 Å². The standard InChI is InChI=1S/C17H23BrN4O3/c1-19-9-11-20(12-10-19)13-5-7-21(8-6-13)17(23)14-3-2-4-15(18)16(14)22(24)25/h2-4,13H,5-12H2,1H3. The number of amides is 1. The third kappa shape index (κ3) is 4.02. The van der Waals surface area contributed by atoms with E-state index in [9.17, 15) is 14.9 Å². The number of likely N-dealkylation sites (N-methyl/N-ethyl adjacent to an activating group) is 1. The van der Waals surface area contributed by atoms with Gasteiger partial charge in [-0.1, -0.05) is 6.07 Å². The number of nitro benzene ring substituents is 1. The van der Waals surface area contributed by atoms with Crippen LogP contribution in [0.1, 0.15) is 23.2 Å². The second-order valence-electron chi connectivity index (χ2n) is 6.76. The molecule has 0 atom stereocenters. The molecule has 0 radical (unpaired) electrons. The Morgan fingerprint density at radius 1 is 1.16 bits per heavy atom. The predicted molar refractivity (Wildman–Crippen MR) is 98.8 cm³/mol. The fourth-order valence-corrected chi connectivity index (χ4v) is 4.18. The molecule has 1 aromatic rings. The van der Waals surface area contributed by atoms with Gasteiger partial charge in [0.15, 0.2) is 0 Å². The zero-order chi connectivity index (χ0) is 18.0. The molecule has 1 aromatic carbocycles. The van der Waals surface area contributed by atoms with Gasteiger partial charge in [0.25, 0.3) is 11.6 Å². The monoisotopic (exact) mass is 410 g/mol. The van der Waals surface area contributed by atoms with E-state index in [1.165, 1.54) is 6.07 Å². The number of hydrogen-bond donors (Lipinski definition) is 0. The SMILES string of the molecule is CN1CCN(C2CCN(C(=O)c3cccc(Br)c3[N+](=O)[O-])CC2)CC1. The lowest BCUT2D eigenvalue weighted by Crippen LogP contribution is -2.53. The highest BCUT2D eigenvalue weighted by molar-refractivity contribution is 9.10. The van der Waals surface area contributed by atoms with E-state index in [4.69, 9.17) is 0 Å². The highest BCUT2D eigenvalue weighted by Gasteiger charge is 2.32. The van der Waals surface area contributed by atoms with E-state index in [-0.39, 0.29) is 17.2 Å². The molecule has 0 N–H and O–H groups in total. The van der Waals surface area contributed by atoms with Crippen LogP contribution in [0.15, 0.2) is 22.7 Å². The Morgan fingerprint density at radius 3 is 2.40 bits per heavy atom. The molecule has 2 heterocycles. The molecule has 7 nitrogen and oxygen atoms in total. The molecule has 0 unspecified atom stereocenters. The number of halogens is 1. The summed E-state index contributed by atoms with van der Waals surface area (Å²) in [5.41, 5.74) is 0.0195. The number of carbonyl (C=O) groups is 1. The number of likely N-dealkylation sites (tertiary alicyclic amines) is 1. The summed E-state index contributed by atoms with van der Waals surface area (Å²) < 4.78 is 0.343. The topological polar surface area (TPSA) is 69.9 Å². The smallest absolute Gasteiger partial charge is 0.296 e. The highest BCUT2D eigenvalue weighted by atomic mass is 79.9. The van der Waals surface area contributed by atoms with Crippen molar-refractivity contribution in [1.29, 1.82) is 0 Å². The van der Waals surface area contributed by atoms with Gasteiger partial charge in [0.2, 0.25) is 0 Å². The van der Waals surface area contributed by atoms with E-state index in [0.717, 1.165) is 39.0 Å². The molecule has 2 fully saturated rings. The number of piperazine rings is 1. The summed E-state index contributed by atoms with van der Waals surface area (Å²) in [6.45, 7) is 5.63. The van der Waals surface area contributed by atoms with Crippen molar-refractivity contribution in [2.75, 3.05) is 46.3 Å². The molecule has 25 heavy (non-hydrogen) atoms. The number of para-hydroxylation sites is 1. The number of carbonyl (C=O) groups excluding carboxylic acids is 1. The molecular formula is C17H23BrN4O3. The lowest BCUT2D eigenvalue weighted by Gasteiger charge is -2.42. The zero-order valence-corrected chi connectivity index (χ0v) is 15.9. The Labute approximate surface area is 155 Å². The minimum atomic E-state index is -0.492. The second kappa shape index (κ2) is 7.80. The van der Waals surface area contributed by atoms with Gasteiger partial charge in [-0.2, -0.15) is 0 Å². The molecule has 0 bridgehead atoms. The normalized spacial score (nSPS) is 20.6. The van der Waals surface area contributed by atoms with Gasteiger partial charge in [0, 0.05) is 45.3 Å². The van der Waals surface area contributed by atoms with Crippen LogP contribution in [-0.4, -0.2) is 77.9 Å². The van der Waals surface area contributed by atoms with E-state index in [2.05, 4.69) is 32.8 Å². The lowest BCUT2D eigenvalue weighted by molar-refractivity contribution is -0.386. The first kappa shape index (κ1) is 18.3. The van der Waals surface area contributed by atoms with Crippen molar-refractivity contribution in [1.82, 2.24) is 14.7 Å². The highest BCUT2D eigenvalue weighted by Crippen LogP contribution is 2.30. The van der Waals surface area contributed by atoms with E-state index in [1.54, 1.807) is 17.0 Å². The molecular weight excluding hydrogens is 388 g/mol. The van der Waals surface area contributed by atoms with Crippen LogP contribution in [0.2, 0.25) is 0 Å². The minimum Gasteiger partial charge on any atom is -0.338 e. The molecule has 8 heteroatoms. The minimum absolute atomic E-state index is 0.145. The Balaban J connectivity index is 1.64. The molecule has 136 valence electrons. The largest absolute Gasteiger partial charge is 0.338 e. The fraction of sp³-hybridized carbons (Fsp3) is 0.588. The lowest BCUT2D eigenvalue weighted by atomic mass is 10.0. The summed E-state index contributed by atoms with van der Waals surface area (Å²) in [4.78, 5) is 30.2. The number of nitro groups is 1.